The van der Waals surface area contributed by atoms with E-state index in [2.05, 4.69) is 4.90 Å². The minimum atomic E-state index is -0.386. The highest BCUT2D eigenvalue weighted by Crippen LogP contribution is 2.31. The number of carbonyl (C=O) groups excluding carboxylic acids is 1. The first-order valence-corrected chi connectivity index (χ1v) is 7.08. The summed E-state index contributed by atoms with van der Waals surface area (Å²) in [4.78, 5) is 13.8. The van der Waals surface area contributed by atoms with Gasteiger partial charge in [-0.1, -0.05) is 6.07 Å². The minimum Gasteiger partial charge on any atom is -0.465 e. The maximum absolute atomic E-state index is 11.6. The van der Waals surface area contributed by atoms with Crippen molar-refractivity contribution in [1.29, 1.82) is 0 Å². The van der Waals surface area contributed by atoms with Crippen LogP contribution in [0.25, 0.3) is 0 Å². The zero-order valence-electron chi connectivity index (χ0n) is 10.7. The van der Waals surface area contributed by atoms with Crippen LogP contribution in [0.2, 0.25) is 0 Å². The van der Waals surface area contributed by atoms with Crippen LogP contribution in [0, 0.1) is 0 Å². The van der Waals surface area contributed by atoms with Crippen LogP contribution in [0.4, 0.5) is 11.4 Å². The predicted molar refractivity (Wildman–Crippen MR) is 76.3 cm³/mol. The molecule has 1 aromatic rings. The second-order valence-electron chi connectivity index (χ2n) is 4.36. The highest BCUT2D eigenvalue weighted by Gasteiger charge is 2.23. The number of nitrogens with zero attached hydrogens (tertiary/aromatic N) is 1. The van der Waals surface area contributed by atoms with Gasteiger partial charge in [-0.2, -0.15) is 11.8 Å². The fourth-order valence-electron chi connectivity index (χ4n) is 2.17. The lowest BCUT2D eigenvalue weighted by Crippen LogP contribution is -2.32. The zero-order valence-corrected chi connectivity index (χ0v) is 11.5. The molecule has 0 bridgehead atoms. The van der Waals surface area contributed by atoms with Crippen molar-refractivity contribution in [2.24, 2.45) is 0 Å². The number of nitrogens with two attached hydrogens (primary N) is 1. The van der Waals surface area contributed by atoms with Gasteiger partial charge in [-0.05, 0) is 24.3 Å². The van der Waals surface area contributed by atoms with Crippen molar-refractivity contribution in [1.82, 2.24) is 0 Å². The van der Waals surface area contributed by atoms with E-state index in [0.717, 1.165) is 17.9 Å². The Hall–Kier alpha value is -1.36. The lowest BCUT2D eigenvalue weighted by molar-refractivity contribution is 0.0602. The van der Waals surface area contributed by atoms with Gasteiger partial charge >= 0.3 is 5.97 Å². The van der Waals surface area contributed by atoms with Crippen molar-refractivity contribution in [2.45, 2.75) is 12.5 Å². The third-order valence-corrected chi connectivity index (χ3v) is 4.47. The molecule has 1 saturated heterocycles. The standard InChI is InChI=1S/C13H18N2O2S/c1-15(9-6-7-18-8-9)11-5-3-4-10(12(11)14)13(16)17-2/h3-5,9H,6-8,14H2,1-2H3. The van der Waals surface area contributed by atoms with Gasteiger partial charge in [-0.3, -0.25) is 0 Å². The predicted octanol–water partition coefficient (Wildman–Crippen LogP) is 2.00. The number of hydrogen-bond acceptors (Lipinski definition) is 5. The van der Waals surface area contributed by atoms with Crippen molar-refractivity contribution in [2.75, 3.05) is 36.3 Å². The molecule has 1 unspecified atom stereocenters. The third-order valence-electron chi connectivity index (χ3n) is 3.32. The SMILES string of the molecule is COC(=O)c1cccc(N(C)C2CCSC2)c1N. The van der Waals surface area contributed by atoms with Crippen molar-refractivity contribution in [3.05, 3.63) is 23.8 Å². The summed E-state index contributed by atoms with van der Waals surface area (Å²) in [5.41, 5.74) is 7.93. The Morgan fingerprint density at radius 1 is 1.56 bits per heavy atom. The molecule has 1 aromatic carbocycles. The number of thioether (sulfide) groups is 1. The molecular formula is C13H18N2O2S. The number of nitrogen functional groups attached to an aromatic ring is 1. The first-order valence-electron chi connectivity index (χ1n) is 5.92. The van der Waals surface area contributed by atoms with Gasteiger partial charge in [0.2, 0.25) is 0 Å². The Morgan fingerprint density at radius 3 is 2.94 bits per heavy atom. The first-order chi connectivity index (χ1) is 8.65. The number of hydrogen-bond donors (Lipinski definition) is 1. The number of anilines is 2. The minimum absolute atomic E-state index is 0.386. The molecule has 18 heavy (non-hydrogen) atoms. The lowest BCUT2D eigenvalue weighted by Gasteiger charge is -2.27. The number of para-hydroxylation sites is 1. The zero-order chi connectivity index (χ0) is 13.1. The normalized spacial score (nSPS) is 18.7. The van der Waals surface area contributed by atoms with Crippen molar-refractivity contribution in [3.63, 3.8) is 0 Å². The van der Waals surface area contributed by atoms with Crippen LogP contribution in [0.1, 0.15) is 16.8 Å². The third kappa shape index (κ3) is 2.41. The maximum Gasteiger partial charge on any atom is 0.340 e. The van der Waals surface area contributed by atoms with Crippen LogP contribution in [-0.4, -0.2) is 37.7 Å². The molecular weight excluding hydrogens is 248 g/mol. The quantitative estimate of drug-likeness (QED) is 0.670. The Kier molecular flexibility index (Phi) is 4.01. The van der Waals surface area contributed by atoms with Gasteiger partial charge in [0, 0.05) is 18.8 Å². The second-order valence-corrected chi connectivity index (χ2v) is 5.51. The van der Waals surface area contributed by atoms with E-state index in [1.54, 1.807) is 6.07 Å². The van der Waals surface area contributed by atoms with E-state index < -0.39 is 0 Å². The lowest BCUT2D eigenvalue weighted by atomic mass is 10.1. The Balaban J connectivity index is 2.30. The smallest absolute Gasteiger partial charge is 0.340 e. The summed E-state index contributed by atoms with van der Waals surface area (Å²) in [7, 11) is 3.40. The summed E-state index contributed by atoms with van der Waals surface area (Å²) < 4.78 is 4.74. The van der Waals surface area contributed by atoms with E-state index in [9.17, 15) is 4.79 Å². The molecule has 0 saturated carbocycles. The summed E-state index contributed by atoms with van der Waals surface area (Å²) in [6, 6.07) is 5.98. The molecule has 1 aliphatic heterocycles. The van der Waals surface area contributed by atoms with Crippen LogP contribution < -0.4 is 10.6 Å². The number of methoxy groups -OCH3 is 1. The molecule has 2 rings (SSSR count). The molecule has 1 atom stereocenters. The largest absolute Gasteiger partial charge is 0.465 e. The highest BCUT2D eigenvalue weighted by molar-refractivity contribution is 7.99. The number of benzene rings is 1. The monoisotopic (exact) mass is 266 g/mol. The van der Waals surface area contributed by atoms with Crippen molar-refractivity contribution >= 4 is 29.1 Å². The molecule has 98 valence electrons. The second kappa shape index (κ2) is 5.52. The van der Waals surface area contributed by atoms with Gasteiger partial charge in [0.15, 0.2) is 0 Å². The fourth-order valence-corrected chi connectivity index (χ4v) is 3.44. The molecule has 4 nitrogen and oxygen atoms in total. The molecule has 0 amide bonds. The molecule has 5 heteroatoms. The van der Waals surface area contributed by atoms with Crippen LogP contribution >= 0.6 is 11.8 Å². The summed E-state index contributed by atoms with van der Waals surface area (Å²) in [5.74, 6) is 1.91. The van der Waals surface area contributed by atoms with Gasteiger partial charge in [0.25, 0.3) is 0 Å². The van der Waals surface area contributed by atoms with E-state index in [-0.39, 0.29) is 5.97 Å². The van der Waals surface area contributed by atoms with Crippen LogP contribution in [0.5, 0.6) is 0 Å². The molecule has 0 spiro atoms. The maximum atomic E-state index is 11.6. The molecule has 0 aliphatic carbocycles. The van der Waals surface area contributed by atoms with Gasteiger partial charge in [0.1, 0.15) is 0 Å². The van der Waals surface area contributed by atoms with Crippen LogP contribution in [0.15, 0.2) is 18.2 Å². The molecule has 2 N–H and O–H groups in total. The van der Waals surface area contributed by atoms with E-state index in [0.29, 0.717) is 17.3 Å². The first kappa shape index (κ1) is 13.1. The molecule has 1 heterocycles. The van der Waals surface area contributed by atoms with E-state index in [4.69, 9.17) is 10.5 Å². The fraction of sp³-hybridized carbons (Fsp3) is 0.462. The number of esters is 1. The Labute approximate surface area is 111 Å². The Morgan fingerprint density at radius 2 is 2.33 bits per heavy atom. The Bertz CT molecular complexity index is 445. The van der Waals surface area contributed by atoms with Gasteiger partial charge < -0.3 is 15.4 Å². The van der Waals surface area contributed by atoms with Crippen molar-refractivity contribution < 1.29 is 9.53 Å². The topological polar surface area (TPSA) is 55.6 Å². The van der Waals surface area contributed by atoms with Gasteiger partial charge in [-0.15, -0.1) is 0 Å². The summed E-state index contributed by atoms with van der Waals surface area (Å²) in [6.07, 6.45) is 1.16. The van der Waals surface area contributed by atoms with Crippen LogP contribution in [-0.2, 0) is 4.74 Å². The summed E-state index contributed by atoms with van der Waals surface area (Å²) >= 11 is 1.95. The number of rotatable bonds is 3. The molecule has 1 aliphatic rings. The highest BCUT2D eigenvalue weighted by atomic mass is 32.2. The average molecular weight is 266 g/mol. The van der Waals surface area contributed by atoms with E-state index >= 15 is 0 Å². The van der Waals surface area contributed by atoms with E-state index in [1.807, 2.05) is 30.9 Å². The molecule has 0 radical (unpaired) electrons. The number of carbonyl (C=O) groups is 1. The number of ether oxygens (including phenoxy) is 1. The molecule has 0 aromatic heterocycles. The van der Waals surface area contributed by atoms with Crippen molar-refractivity contribution in [3.8, 4) is 0 Å². The average Bonchev–Trinajstić information content (AvgIpc) is 2.91. The van der Waals surface area contributed by atoms with Gasteiger partial charge in [-0.25, -0.2) is 4.79 Å². The van der Waals surface area contributed by atoms with Crippen LogP contribution in [0.3, 0.4) is 0 Å². The summed E-state index contributed by atoms with van der Waals surface area (Å²) in [5, 5.41) is 0. The van der Waals surface area contributed by atoms with E-state index in [1.165, 1.54) is 12.9 Å². The van der Waals surface area contributed by atoms with Gasteiger partial charge in [0.05, 0.1) is 24.0 Å². The summed E-state index contributed by atoms with van der Waals surface area (Å²) in [6.45, 7) is 0. The molecule has 1 fully saturated rings.